The van der Waals surface area contributed by atoms with E-state index in [0.29, 0.717) is 13.1 Å². The van der Waals surface area contributed by atoms with Gasteiger partial charge in [-0.1, -0.05) is 12.1 Å². The Hall–Kier alpha value is -1.71. The summed E-state index contributed by atoms with van der Waals surface area (Å²) in [5.41, 5.74) is 0.909. The highest BCUT2D eigenvalue weighted by Gasteiger charge is 2.17. The molecule has 0 unspecified atom stereocenters. The molecule has 1 aliphatic rings. The zero-order valence-electron chi connectivity index (χ0n) is 14.6. The van der Waals surface area contributed by atoms with E-state index in [1.165, 1.54) is 6.07 Å². The highest BCUT2D eigenvalue weighted by atomic mass is 127. The van der Waals surface area contributed by atoms with Crippen LogP contribution < -0.4 is 5.32 Å². The Morgan fingerprint density at radius 1 is 1.40 bits per heavy atom. The Balaban J connectivity index is 0.00000225. The first-order chi connectivity index (χ1) is 11.7. The summed E-state index contributed by atoms with van der Waals surface area (Å²) < 4.78 is 15.5. The minimum Gasteiger partial charge on any atom is -0.357 e. The van der Waals surface area contributed by atoms with E-state index >= 15 is 0 Å². The Morgan fingerprint density at radius 3 is 3.00 bits per heavy atom. The highest BCUT2D eigenvalue weighted by molar-refractivity contribution is 14.0. The maximum atomic E-state index is 13.3. The predicted octanol–water partition coefficient (Wildman–Crippen LogP) is 2.58. The molecule has 2 aromatic rings. The molecule has 0 atom stereocenters. The van der Waals surface area contributed by atoms with E-state index in [0.717, 1.165) is 49.1 Å². The molecule has 8 heteroatoms. The summed E-state index contributed by atoms with van der Waals surface area (Å²) in [7, 11) is 1.95. The lowest BCUT2D eigenvalue weighted by molar-refractivity contribution is 0.474. The van der Waals surface area contributed by atoms with Crippen LogP contribution in [0.1, 0.15) is 30.6 Å². The first kappa shape index (κ1) is 19.6. The van der Waals surface area contributed by atoms with E-state index in [-0.39, 0.29) is 29.8 Å². The number of halogens is 2. The van der Waals surface area contributed by atoms with Crippen molar-refractivity contribution >= 4 is 29.9 Å². The van der Waals surface area contributed by atoms with Gasteiger partial charge in [-0.05, 0) is 31.0 Å². The third-order valence-corrected chi connectivity index (χ3v) is 4.06. The summed E-state index contributed by atoms with van der Waals surface area (Å²) in [5.74, 6) is 2.51. The van der Waals surface area contributed by atoms with Gasteiger partial charge in [-0.2, -0.15) is 0 Å². The number of guanidine groups is 1. The number of fused-ring (bicyclic) bond motifs is 1. The molecule has 0 saturated carbocycles. The number of rotatable bonds is 5. The molecule has 0 saturated heterocycles. The molecular weight excluding hydrogens is 434 g/mol. The van der Waals surface area contributed by atoms with Crippen LogP contribution in [-0.2, 0) is 26.1 Å². The molecule has 0 bridgehead atoms. The van der Waals surface area contributed by atoms with Gasteiger partial charge >= 0.3 is 0 Å². The molecule has 1 aromatic carbocycles. The molecule has 1 aliphatic heterocycles. The van der Waals surface area contributed by atoms with Crippen molar-refractivity contribution in [3.05, 3.63) is 47.3 Å². The number of nitrogens with one attached hydrogen (secondary N) is 1. The van der Waals surface area contributed by atoms with E-state index in [4.69, 9.17) is 0 Å². The van der Waals surface area contributed by atoms with Gasteiger partial charge < -0.3 is 14.8 Å². The second-order valence-electron chi connectivity index (χ2n) is 5.94. The van der Waals surface area contributed by atoms with Gasteiger partial charge in [-0.3, -0.25) is 0 Å². The van der Waals surface area contributed by atoms with E-state index in [1.807, 2.05) is 24.9 Å². The van der Waals surface area contributed by atoms with Crippen molar-refractivity contribution in [2.45, 2.75) is 39.4 Å². The van der Waals surface area contributed by atoms with Gasteiger partial charge in [0.25, 0.3) is 0 Å². The maximum Gasteiger partial charge on any atom is 0.194 e. The molecule has 2 heterocycles. The lowest BCUT2D eigenvalue weighted by Crippen LogP contribution is -2.38. The summed E-state index contributed by atoms with van der Waals surface area (Å²) in [5, 5.41) is 11.7. The van der Waals surface area contributed by atoms with E-state index in [1.54, 1.807) is 12.1 Å². The molecule has 3 rings (SSSR count). The molecule has 6 nitrogen and oxygen atoms in total. The van der Waals surface area contributed by atoms with Crippen LogP contribution in [0.4, 0.5) is 4.39 Å². The topological polar surface area (TPSA) is 58.3 Å². The predicted molar refractivity (Wildman–Crippen MR) is 106 cm³/mol. The standard InChI is InChI=1S/C17H23FN6.HI/c1-3-19-17(23(2)12-13-6-4-7-14(18)10-13)20-11-16-22-21-15-8-5-9-24(15)16;/h4,6-7,10H,3,5,8-9,11-12H2,1-2H3,(H,19,20);1H. The molecule has 136 valence electrons. The van der Waals surface area contributed by atoms with Crippen LogP contribution in [0.2, 0.25) is 0 Å². The Morgan fingerprint density at radius 2 is 2.24 bits per heavy atom. The Kier molecular flexibility index (Phi) is 7.15. The van der Waals surface area contributed by atoms with Crippen LogP contribution in [-0.4, -0.2) is 39.2 Å². The number of aliphatic imine (C=N–C) groups is 1. The zero-order chi connectivity index (χ0) is 16.9. The Labute approximate surface area is 164 Å². The number of hydrogen-bond acceptors (Lipinski definition) is 3. The summed E-state index contributed by atoms with van der Waals surface area (Å²) in [6.07, 6.45) is 2.12. The summed E-state index contributed by atoms with van der Waals surface area (Å²) in [4.78, 5) is 6.65. The summed E-state index contributed by atoms with van der Waals surface area (Å²) in [6, 6.07) is 6.64. The number of nitrogens with zero attached hydrogens (tertiary/aromatic N) is 5. The van der Waals surface area contributed by atoms with Gasteiger partial charge in [0.15, 0.2) is 11.8 Å². The monoisotopic (exact) mass is 458 g/mol. The lowest BCUT2D eigenvalue weighted by Gasteiger charge is -2.22. The molecule has 0 fully saturated rings. The first-order valence-corrected chi connectivity index (χ1v) is 8.32. The highest BCUT2D eigenvalue weighted by Crippen LogP contribution is 2.14. The third-order valence-electron chi connectivity index (χ3n) is 4.06. The van der Waals surface area contributed by atoms with Crippen LogP contribution in [0, 0.1) is 5.82 Å². The molecule has 25 heavy (non-hydrogen) atoms. The second-order valence-corrected chi connectivity index (χ2v) is 5.94. The fraction of sp³-hybridized carbons (Fsp3) is 0.471. The molecule has 0 aliphatic carbocycles. The smallest absolute Gasteiger partial charge is 0.194 e. The average Bonchev–Trinajstić information content (AvgIpc) is 3.15. The quantitative estimate of drug-likeness (QED) is 0.425. The number of benzene rings is 1. The van der Waals surface area contributed by atoms with Crippen LogP contribution in [0.5, 0.6) is 0 Å². The second kappa shape index (κ2) is 9.12. The van der Waals surface area contributed by atoms with E-state index < -0.39 is 0 Å². The van der Waals surface area contributed by atoms with Gasteiger partial charge in [0.2, 0.25) is 0 Å². The zero-order valence-corrected chi connectivity index (χ0v) is 16.9. The normalized spacial score (nSPS) is 13.3. The fourth-order valence-corrected chi connectivity index (χ4v) is 2.93. The van der Waals surface area contributed by atoms with Crippen molar-refractivity contribution in [1.82, 2.24) is 25.0 Å². The molecule has 1 aromatic heterocycles. The van der Waals surface area contributed by atoms with Crippen molar-refractivity contribution in [3.8, 4) is 0 Å². The molecular formula is C17H24FIN6. The number of aromatic nitrogens is 3. The SMILES string of the molecule is CCNC(=NCc1nnc2n1CCC2)N(C)Cc1cccc(F)c1.I. The van der Waals surface area contributed by atoms with Gasteiger partial charge in [0.05, 0.1) is 0 Å². The first-order valence-electron chi connectivity index (χ1n) is 8.32. The van der Waals surface area contributed by atoms with Gasteiger partial charge in [0.1, 0.15) is 18.2 Å². The molecule has 0 amide bonds. The minimum atomic E-state index is -0.220. The van der Waals surface area contributed by atoms with Crippen molar-refractivity contribution in [2.75, 3.05) is 13.6 Å². The minimum absolute atomic E-state index is 0. The third kappa shape index (κ3) is 4.90. The van der Waals surface area contributed by atoms with E-state index in [2.05, 4.69) is 25.1 Å². The Bertz CT molecular complexity index is 730. The van der Waals surface area contributed by atoms with Crippen LogP contribution in [0.25, 0.3) is 0 Å². The van der Waals surface area contributed by atoms with Crippen LogP contribution in [0.3, 0.4) is 0 Å². The van der Waals surface area contributed by atoms with Gasteiger partial charge in [-0.25, -0.2) is 9.38 Å². The van der Waals surface area contributed by atoms with Gasteiger partial charge in [0, 0.05) is 33.1 Å². The van der Waals surface area contributed by atoms with Crippen LogP contribution >= 0.6 is 24.0 Å². The molecule has 0 spiro atoms. The van der Waals surface area contributed by atoms with Gasteiger partial charge in [-0.15, -0.1) is 34.2 Å². The summed E-state index contributed by atoms with van der Waals surface area (Å²) in [6.45, 7) is 4.85. The maximum absolute atomic E-state index is 13.3. The van der Waals surface area contributed by atoms with E-state index in [9.17, 15) is 4.39 Å². The molecule has 0 radical (unpaired) electrons. The largest absolute Gasteiger partial charge is 0.357 e. The van der Waals surface area contributed by atoms with Crippen molar-refractivity contribution < 1.29 is 4.39 Å². The average molecular weight is 458 g/mol. The van der Waals surface area contributed by atoms with Crippen molar-refractivity contribution in [1.29, 1.82) is 0 Å². The number of hydrogen-bond donors (Lipinski definition) is 1. The summed E-state index contributed by atoms with van der Waals surface area (Å²) >= 11 is 0. The number of aryl methyl sites for hydroxylation is 1. The van der Waals surface area contributed by atoms with Crippen molar-refractivity contribution in [3.63, 3.8) is 0 Å². The lowest BCUT2D eigenvalue weighted by atomic mass is 10.2. The van der Waals surface area contributed by atoms with Crippen LogP contribution in [0.15, 0.2) is 29.3 Å². The fourth-order valence-electron chi connectivity index (χ4n) is 2.93. The molecule has 1 N–H and O–H groups in total. The van der Waals surface area contributed by atoms with Crippen molar-refractivity contribution in [2.24, 2.45) is 4.99 Å².